The average molecular weight is 379 g/mol. The van der Waals surface area contributed by atoms with E-state index in [9.17, 15) is 9.59 Å². The van der Waals surface area contributed by atoms with Crippen LogP contribution in [0, 0.1) is 6.92 Å². The van der Waals surface area contributed by atoms with E-state index in [1.165, 1.54) is 0 Å². The van der Waals surface area contributed by atoms with E-state index in [0.717, 1.165) is 29.5 Å². The molecule has 0 aliphatic carbocycles. The third-order valence-corrected chi connectivity index (χ3v) is 5.80. The van der Waals surface area contributed by atoms with Crippen LogP contribution in [0.1, 0.15) is 40.4 Å². The van der Waals surface area contributed by atoms with Crippen LogP contribution in [0.4, 0.5) is 0 Å². The molecule has 3 heterocycles. The largest absolute Gasteiger partial charge is 0.369 e. The fourth-order valence-corrected chi connectivity index (χ4v) is 4.32. The first-order chi connectivity index (χ1) is 13.6. The molecule has 146 valence electrons. The van der Waals surface area contributed by atoms with Crippen LogP contribution in [0.3, 0.4) is 0 Å². The minimum absolute atomic E-state index is 0.0350. The second-order valence-corrected chi connectivity index (χ2v) is 7.52. The molecule has 0 saturated carbocycles. The lowest BCUT2D eigenvalue weighted by molar-refractivity contribution is -0.178. The lowest BCUT2D eigenvalue weighted by Crippen LogP contribution is -2.64. The molecule has 2 aliphatic rings. The standard InChI is InChI=1S/C22H25N3O3/c1-15-4-3-5-17(14-15)21(26)24-12-8-18(9-13-24)25-19(20(28-2)22(25)27)16-6-10-23-11-7-16/h3-7,10-11,14,18-20H,8-9,12-13H2,1-2H3/t19-,20+/m0/s1. The summed E-state index contributed by atoms with van der Waals surface area (Å²) >= 11 is 0. The second-order valence-electron chi connectivity index (χ2n) is 7.52. The zero-order valence-electron chi connectivity index (χ0n) is 16.2. The van der Waals surface area contributed by atoms with Crippen LogP contribution in [0.25, 0.3) is 0 Å². The Labute approximate surface area is 165 Å². The summed E-state index contributed by atoms with van der Waals surface area (Å²) in [5.41, 5.74) is 2.85. The summed E-state index contributed by atoms with van der Waals surface area (Å²) in [6.07, 6.45) is 4.61. The number of piperidine rings is 1. The summed E-state index contributed by atoms with van der Waals surface area (Å²) in [5, 5.41) is 0. The van der Waals surface area contributed by atoms with Crippen molar-refractivity contribution >= 4 is 11.8 Å². The maximum atomic E-state index is 12.8. The Morgan fingerprint density at radius 2 is 1.86 bits per heavy atom. The van der Waals surface area contributed by atoms with Gasteiger partial charge in [-0.15, -0.1) is 0 Å². The number of β-lactam (4-membered cyclic amide) rings is 1. The van der Waals surface area contributed by atoms with Crippen molar-refractivity contribution in [1.29, 1.82) is 0 Å². The van der Waals surface area contributed by atoms with E-state index in [-0.39, 0.29) is 23.9 Å². The Bertz CT molecular complexity index is 862. The number of carbonyl (C=O) groups excluding carboxylic acids is 2. The molecule has 0 unspecified atom stereocenters. The Kier molecular flexibility index (Phi) is 5.13. The molecule has 2 fully saturated rings. The number of aromatic nitrogens is 1. The molecule has 2 amide bonds. The summed E-state index contributed by atoms with van der Waals surface area (Å²) in [7, 11) is 1.58. The Morgan fingerprint density at radius 1 is 1.14 bits per heavy atom. The highest BCUT2D eigenvalue weighted by atomic mass is 16.5. The van der Waals surface area contributed by atoms with Gasteiger partial charge >= 0.3 is 0 Å². The normalized spacial score (nSPS) is 22.9. The number of nitrogens with zero attached hydrogens (tertiary/aromatic N) is 3. The first kappa shape index (κ1) is 18.6. The van der Waals surface area contributed by atoms with Crippen LogP contribution in [-0.2, 0) is 9.53 Å². The molecule has 2 saturated heterocycles. The Morgan fingerprint density at radius 3 is 2.50 bits per heavy atom. The van der Waals surface area contributed by atoms with Crippen molar-refractivity contribution in [1.82, 2.24) is 14.8 Å². The number of ether oxygens (including phenoxy) is 1. The number of carbonyl (C=O) groups is 2. The van der Waals surface area contributed by atoms with Crippen molar-refractivity contribution < 1.29 is 14.3 Å². The molecular weight excluding hydrogens is 354 g/mol. The van der Waals surface area contributed by atoms with Gasteiger partial charge in [0.15, 0.2) is 6.10 Å². The zero-order chi connectivity index (χ0) is 19.7. The average Bonchev–Trinajstić information content (AvgIpc) is 2.73. The maximum absolute atomic E-state index is 12.8. The molecule has 28 heavy (non-hydrogen) atoms. The van der Waals surface area contributed by atoms with Gasteiger partial charge in [-0.05, 0) is 49.6 Å². The van der Waals surface area contributed by atoms with Gasteiger partial charge in [0.2, 0.25) is 0 Å². The fourth-order valence-electron chi connectivity index (χ4n) is 4.32. The van der Waals surface area contributed by atoms with Gasteiger partial charge < -0.3 is 14.5 Å². The summed E-state index contributed by atoms with van der Waals surface area (Å²) in [5.74, 6) is 0.102. The van der Waals surface area contributed by atoms with Crippen molar-refractivity contribution in [3.8, 4) is 0 Å². The van der Waals surface area contributed by atoms with Gasteiger partial charge in [-0.25, -0.2) is 0 Å². The van der Waals surface area contributed by atoms with Gasteiger partial charge in [0.1, 0.15) is 0 Å². The third kappa shape index (κ3) is 3.29. The second kappa shape index (κ2) is 7.72. The van der Waals surface area contributed by atoms with Gasteiger partial charge in [-0.1, -0.05) is 17.7 Å². The van der Waals surface area contributed by atoms with Crippen LogP contribution in [-0.4, -0.2) is 58.9 Å². The SMILES string of the molecule is CO[C@H]1C(=O)N(C2CCN(C(=O)c3cccc(C)c3)CC2)[C@H]1c1ccncc1. The third-order valence-electron chi connectivity index (χ3n) is 5.80. The number of hydrogen-bond acceptors (Lipinski definition) is 4. The number of likely N-dealkylation sites (tertiary alicyclic amines) is 2. The Hall–Kier alpha value is -2.73. The van der Waals surface area contributed by atoms with E-state index in [4.69, 9.17) is 4.74 Å². The number of hydrogen-bond donors (Lipinski definition) is 0. The summed E-state index contributed by atoms with van der Waals surface area (Å²) in [6.45, 7) is 3.30. The molecular formula is C22H25N3O3. The number of aryl methyl sites for hydroxylation is 1. The van der Waals surface area contributed by atoms with Gasteiger partial charge in [0.25, 0.3) is 11.8 Å². The van der Waals surface area contributed by atoms with Gasteiger partial charge in [0, 0.05) is 44.2 Å². The van der Waals surface area contributed by atoms with E-state index in [2.05, 4.69) is 4.98 Å². The first-order valence-electron chi connectivity index (χ1n) is 9.71. The fraction of sp³-hybridized carbons (Fsp3) is 0.409. The molecule has 1 aromatic carbocycles. The predicted octanol–water partition coefficient (Wildman–Crippen LogP) is 2.59. The van der Waals surface area contributed by atoms with Crippen molar-refractivity contribution in [2.75, 3.05) is 20.2 Å². The van der Waals surface area contributed by atoms with Gasteiger partial charge in [-0.2, -0.15) is 0 Å². The van der Waals surface area contributed by atoms with Crippen LogP contribution in [0.15, 0.2) is 48.8 Å². The molecule has 0 spiro atoms. The molecule has 1 aromatic heterocycles. The lowest BCUT2D eigenvalue weighted by atomic mass is 9.86. The van der Waals surface area contributed by atoms with E-state index >= 15 is 0 Å². The number of rotatable bonds is 4. The Balaban J connectivity index is 1.44. The first-order valence-corrected chi connectivity index (χ1v) is 9.71. The number of pyridine rings is 1. The van der Waals surface area contributed by atoms with Crippen LogP contribution < -0.4 is 0 Å². The molecule has 2 aliphatic heterocycles. The highest BCUT2D eigenvalue weighted by Crippen LogP contribution is 2.40. The van der Waals surface area contributed by atoms with Gasteiger partial charge in [-0.3, -0.25) is 14.6 Å². The number of amides is 2. The zero-order valence-corrected chi connectivity index (χ0v) is 16.2. The molecule has 0 N–H and O–H groups in total. The highest BCUT2D eigenvalue weighted by molar-refractivity contribution is 5.94. The number of benzene rings is 1. The molecule has 4 rings (SSSR count). The van der Waals surface area contributed by atoms with Crippen molar-refractivity contribution in [2.24, 2.45) is 0 Å². The van der Waals surface area contributed by atoms with E-state index in [1.54, 1.807) is 19.5 Å². The molecule has 2 aromatic rings. The molecule has 0 bridgehead atoms. The summed E-state index contributed by atoms with van der Waals surface area (Å²) < 4.78 is 5.44. The maximum Gasteiger partial charge on any atom is 0.255 e. The predicted molar refractivity (Wildman–Crippen MR) is 105 cm³/mol. The van der Waals surface area contributed by atoms with Crippen LogP contribution >= 0.6 is 0 Å². The highest BCUT2D eigenvalue weighted by Gasteiger charge is 2.51. The van der Waals surface area contributed by atoms with E-state index < -0.39 is 6.10 Å². The molecule has 2 atom stereocenters. The smallest absolute Gasteiger partial charge is 0.255 e. The van der Waals surface area contributed by atoms with Gasteiger partial charge in [0.05, 0.1) is 6.04 Å². The van der Waals surface area contributed by atoms with Crippen molar-refractivity contribution in [2.45, 2.75) is 38.0 Å². The van der Waals surface area contributed by atoms with Crippen molar-refractivity contribution in [3.05, 3.63) is 65.5 Å². The minimum atomic E-state index is -0.436. The molecule has 6 nitrogen and oxygen atoms in total. The molecule has 6 heteroatoms. The van der Waals surface area contributed by atoms with Crippen LogP contribution in [0.5, 0.6) is 0 Å². The summed E-state index contributed by atoms with van der Waals surface area (Å²) in [4.78, 5) is 33.3. The quantitative estimate of drug-likeness (QED) is 0.766. The molecule has 0 radical (unpaired) electrons. The monoisotopic (exact) mass is 379 g/mol. The topological polar surface area (TPSA) is 62.7 Å². The van der Waals surface area contributed by atoms with E-state index in [1.807, 2.05) is 53.1 Å². The lowest BCUT2D eigenvalue weighted by Gasteiger charge is -2.52. The van der Waals surface area contributed by atoms with Crippen molar-refractivity contribution in [3.63, 3.8) is 0 Å². The summed E-state index contributed by atoms with van der Waals surface area (Å²) in [6, 6.07) is 11.6. The number of methoxy groups -OCH3 is 1. The van der Waals surface area contributed by atoms with E-state index in [0.29, 0.717) is 13.1 Å². The van der Waals surface area contributed by atoms with Crippen LogP contribution in [0.2, 0.25) is 0 Å². The minimum Gasteiger partial charge on any atom is -0.369 e.